The number of aryl methyl sites for hydroxylation is 2. The first-order valence-electron chi connectivity index (χ1n) is 5.03. The number of hydrogen-bond acceptors (Lipinski definition) is 5. The van der Waals surface area contributed by atoms with Crippen molar-refractivity contribution < 1.29 is 5.11 Å². The summed E-state index contributed by atoms with van der Waals surface area (Å²) in [6, 6.07) is 0. The standard InChI is InChI=1S/C11H13N3OS/c1-7-8(2)16-11(14-7)5-10(15)9-6-12-3-4-13-9/h3-4,6,10,15H,5H2,1-2H3. The van der Waals surface area contributed by atoms with Crippen LogP contribution < -0.4 is 0 Å². The van der Waals surface area contributed by atoms with Gasteiger partial charge in [-0.3, -0.25) is 9.97 Å². The summed E-state index contributed by atoms with van der Waals surface area (Å²) in [5, 5.41) is 10.9. The molecule has 0 amide bonds. The van der Waals surface area contributed by atoms with E-state index in [0.29, 0.717) is 12.1 Å². The summed E-state index contributed by atoms with van der Waals surface area (Å²) >= 11 is 1.62. The molecule has 0 radical (unpaired) electrons. The molecular formula is C11H13N3OS. The molecule has 2 aromatic heterocycles. The van der Waals surface area contributed by atoms with E-state index in [1.165, 1.54) is 4.88 Å². The van der Waals surface area contributed by atoms with E-state index in [2.05, 4.69) is 15.0 Å². The molecule has 0 aromatic carbocycles. The van der Waals surface area contributed by atoms with E-state index >= 15 is 0 Å². The normalized spacial score (nSPS) is 12.7. The first-order chi connectivity index (χ1) is 7.66. The van der Waals surface area contributed by atoms with Crippen LogP contribution in [0.5, 0.6) is 0 Å². The van der Waals surface area contributed by atoms with Gasteiger partial charge in [-0.2, -0.15) is 0 Å². The second kappa shape index (κ2) is 4.67. The summed E-state index contributed by atoms with van der Waals surface area (Å²) in [6.45, 7) is 4.01. The third-order valence-corrected chi connectivity index (χ3v) is 3.46. The van der Waals surface area contributed by atoms with Crippen LogP contribution in [0.4, 0.5) is 0 Å². The maximum Gasteiger partial charge on any atom is 0.104 e. The molecule has 1 N–H and O–H groups in total. The van der Waals surface area contributed by atoms with Crippen molar-refractivity contribution in [1.82, 2.24) is 15.0 Å². The van der Waals surface area contributed by atoms with Gasteiger partial charge in [-0.15, -0.1) is 11.3 Å². The minimum Gasteiger partial charge on any atom is -0.386 e. The fraction of sp³-hybridized carbons (Fsp3) is 0.364. The molecule has 2 heterocycles. The minimum absolute atomic E-state index is 0.498. The number of thiazole rings is 1. The Morgan fingerprint density at radius 1 is 1.38 bits per heavy atom. The van der Waals surface area contributed by atoms with Gasteiger partial charge < -0.3 is 5.11 Å². The van der Waals surface area contributed by atoms with Crippen molar-refractivity contribution in [3.63, 3.8) is 0 Å². The lowest BCUT2D eigenvalue weighted by atomic mass is 10.2. The maximum absolute atomic E-state index is 9.94. The molecule has 2 aromatic rings. The molecule has 1 unspecified atom stereocenters. The van der Waals surface area contributed by atoms with Crippen molar-refractivity contribution in [1.29, 1.82) is 0 Å². The molecule has 16 heavy (non-hydrogen) atoms. The lowest BCUT2D eigenvalue weighted by Gasteiger charge is -2.06. The first kappa shape index (κ1) is 11.2. The molecule has 0 saturated carbocycles. The van der Waals surface area contributed by atoms with Crippen LogP contribution in [0.15, 0.2) is 18.6 Å². The fourth-order valence-electron chi connectivity index (χ4n) is 1.38. The number of aliphatic hydroxyl groups excluding tert-OH is 1. The molecule has 0 aliphatic rings. The Morgan fingerprint density at radius 2 is 2.19 bits per heavy atom. The van der Waals surface area contributed by atoms with Crippen molar-refractivity contribution in [3.05, 3.63) is 39.9 Å². The van der Waals surface area contributed by atoms with Crippen LogP contribution in [0.2, 0.25) is 0 Å². The quantitative estimate of drug-likeness (QED) is 0.881. The highest BCUT2D eigenvalue weighted by atomic mass is 32.1. The van der Waals surface area contributed by atoms with Gasteiger partial charge in [0.15, 0.2) is 0 Å². The van der Waals surface area contributed by atoms with Crippen LogP contribution in [0.1, 0.15) is 27.4 Å². The molecule has 0 spiro atoms. The lowest BCUT2D eigenvalue weighted by molar-refractivity contribution is 0.173. The number of rotatable bonds is 3. The van der Waals surface area contributed by atoms with Crippen LogP contribution in [0.25, 0.3) is 0 Å². The zero-order valence-corrected chi connectivity index (χ0v) is 10.0. The zero-order chi connectivity index (χ0) is 11.5. The van der Waals surface area contributed by atoms with E-state index in [1.54, 1.807) is 29.9 Å². The predicted octanol–water partition coefficient (Wildman–Crippen LogP) is 1.83. The molecule has 0 aliphatic heterocycles. The van der Waals surface area contributed by atoms with Crippen LogP contribution >= 0.6 is 11.3 Å². The van der Waals surface area contributed by atoms with E-state index in [0.717, 1.165) is 10.7 Å². The topological polar surface area (TPSA) is 58.9 Å². The van der Waals surface area contributed by atoms with E-state index < -0.39 is 6.10 Å². The molecule has 0 fully saturated rings. The van der Waals surface area contributed by atoms with Gasteiger partial charge in [0.25, 0.3) is 0 Å². The average molecular weight is 235 g/mol. The Labute approximate surface area is 98.0 Å². The maximum atomic E-state index is 9.94. The van der Waals surface area contributed by atoms with Gasteiger partial charge in [0.05, 0.1) is 22.6 Å². The largest absolute Gasteiger partial charge is 0.386 e. The summed E-state index contributed by atoms with van der Waals surface area (Å²) in [7, 11) is 0. The van der Waals surface area contributed by atoms with Crippen LogP contribution in [-0.4, -0.2) is 20.1 Å². The molecule has 4 nitrogen and oxygen atoms in total. The van der Waals surface area contributed by atoms with E-state index in [1.807, 2.05) is 13.8 Å². The summed E-state index contributed by atoms with van der Waals surface area (Å²) in [5.74, 6) is 0. The number of aliphatic hydroxyl groups is 1. The SMILES string of the molecule is Cc1nc(CC(O)c2cnccn2)sc1C. The van der Waals surface area contributed by atoms with Gasteiger partial charge in [0, 0.05) is 23.7 Å². The molecule has 0 saturated heterocycles. The Bertz CT molecular complexity index is 450. The van der Waals surface area contributed by atoms with Gasteiger partial charge in [-0.05, 0) is 13.8 Å². The Kier molecular flexibility index (Phi) is 3.26. The Morgan fingerprint density at radius 3 is 2.75 bits per heavy atom. The van der Waals surface area contributed by atoms with Gasteiger partial charge in [-0.1, -0.05) is 0 Å². The van der Waals surface area contributed by atoms with Crippen molar-refractivity contribution in [2.45, 2.75) is 26.4 Å². The monoisotopic (exact) mass is 235 g/mol. The highest BCUT2D eigenvalue weighted by Crippen LogP contribution is 2.21. The zero-order valence-electron chi connectivity index (χ0n) is 9.21. The highest BCUT2D eigenvalue weighted by Gasteiger charge is 2.13. The minimum atomic E-state index is -0.626. The van der Waals surface area contributed by atoms with Crippen molar-refractivity contribution >= 4 is 11.3 Å². The summed E-state index contributed by atoms with van der Waals surface area (Å²) < 4.78 is 0. The van der Waals surface area contributed by atoms with Gasteiger partial charge in [0.2, 0.25) is 0 Å². The average Bonchev–Trinajstić information content (AvgIpc) is 2.59. The first-order valence-corrected chi connectivity index (χ1v) is 5.85. The summed E-state index contributed by atoms with van der Waals surface area (Å²) in [5.41, 5.74) is 1.62. The molecule has 2 rings (SSSR count). The number of hydrogen-bond donors (Lipinski definition) is 1. The smallest absolute Gasteiger partial charge is 0.104 e. The highest BCUT2D eigenvalue weighted by molar-refractivity contribution is 7.11. The Balaban J connectivity index is 2.11. The van der Waals surface area contributed by atoms with Gasteiger partial charge >= 0.3 is 0 Å². The molecule has 5 heteroatoms. The van der Waals surface area contributed by atoms with E-state index in [-0.39, 0.29) is 0 Å². The second-order valence-electron chi connectivity index (χ2n) is 3.60. The fourth-order valence-corrected chi connectivity index (χ4v) is 2.35. The summed E-state index contributed by atoms with van der Waals surface area (Å²) in [4.78, 5) is 13.6. The molecule has 0 aliphatic carbocycles. The molecule has 0 bridgehead atoms. The van der Waals surface area contributed by atoms with E-state index in [4.69, 9.17) is 0 Å². The van der Waals surface area contributed by atoms with Crippen LogP contribution in [0, 0.1) is 13.8 Å². The summed E-state index contributed by atoms with van der Waals surface area (Å²) in [6.07, 6.45) is 4.62. The van der Waals surface area contributed by atoms with Crippen molar-refractivity contribution in [3.8, 4) is 0 Å². The van der Waals surface area contributed by atoms with Gasteiger partial charge in [0.1, 0.15) is 6.10 Å². The third kappa shape index (κ3) is 2.43. The molecular weight excluding hydrogens is 222 g/mol. The molecule has 1 atom stereocenters. The van der Waals surface area contributed by atoms with Crippen molar-refractivity contribution in [2.24, 2.45) is 0 Å². The number of nitrogens with zero attached hydrogens (tertiary/aromatic N) is 3. The van der Waals surface area contributed by atoms with Crippen LogP contribution in [-0.2, 0) is 6.42 Å². The third-order valence-electron chi connectivity index (χ3n) is 2.37. The number of aromatic nitrogens is 3. The van der Waals surface area contributed by atoms with Gasteiger partial charge in [-0.25, -0.2) is 4.98 Å². The van der Waals surface area contributed by atoms with Crippen molar-refractivity contribution in [2.75, 3.05) is 0 Å². The molecule has 84 valence electrons. The predicted molar refractivity (Wildman–Crippen MR) is 62.3 cm³/mol. The van der Waals surface area contributed by atoms with Crippen LogP contribution in [0.3, 0.4) is 0 Å². The lowest BCUT2D eigenvalue weighted by Crippen LogP contribution is -2.04. The van der Waals surface area contributed by atoms with E-state index in [9.17, 15) is 5.11 Å². The Hall–Kier alpha value is -1.33. The second-order valence-corrected chi connectivity index (χ2v) is 4.89.